The van der Waals surface area contributed by atoms with Gasteiger partial charge in [0.05, 0.1) is 37.1 Å². The minimum Gasteiger partial charge on any atom is -0.495 e. The fourth-order valence-corrected chi connectivity index (χ4v) is 3.98. The van der Waals surface area contributed by atoms with Crippen LogP contribution in [0.15, 0.2) is 42.5 Å². The zero-order chi connectivity index (χ0) is 22.5. The van der Waals surface area contributed by atoms with Crippen LogP contribution in [0.25, 0.3) is 22.4 Å². The van der Waals surface area contributed by atoms with Crippen molar-refractivity contribution in [3.63, 3.8) is 0 Å². The first-order chi connectivity index (χ1) is 15.4. The molecule has 0 aliphatic carbocycles. The number of nitrogens with zero attached hydrogens (tertiary/aromatic N) is 4. The Morgan fingerprint density at radius 3 is 2.81 bits per heavy atom. The van der Waals surface area contributed by atoms with Crippen LogP contribution in [0.1, 0.15) is 28.6 Å². The van der Waals surface area contributed by atoms with Gasteiger partial charge in [-0.3, -0.25) is 0 Å². The lowest BCUT2D eigenvalue weighted by atomic mass is 10.0. The van der Waals surface area contributed by atoms with Crippen molar-refractivity contribution in [3.05, 3.63) is 65.0 Å². The Kier molecular flexibility index (Phi) is 4.64. The summed E-state index contributed by atoms with van der Waals surface area (Å²) in [6.07, 6.45) is -5.51. The minimum atomic E-state index is -4.52. The highest BCUT2D eigenvalue weighted by molar-refractivity contribution is 5.92. The van der Waals surface area contributed by atoms with Crippen LogP contribution in [0.3, 0.4) is 0 Å². The van der Waals surface area contributed by atoms with Gasteiger partial charge in [0, 0.05) is 16.5 Å². The van der Waals surface area contributed by atoms with E-state index in [0.717, 1.165) is 11.6 Å². The monoisotopic (exact) mass is 439 g/mol. The lowest BCUT2D eigenvalue weighted by molar-refractivity contribution is -0.139. The zero-order valence-corrected chi connectivity index (χ0v) is 16.8. The number of aromatic nitrogens is 4. The molecule has 32 heavy (non-hydrogen) atoms. The molecule has 7 nitrogen and oxygen atoms in total. The van der Waals surface area contributed by atoms with Crippen molar-refractivity contribution in [2.45, 2.75) is 18.8 Å². The smallest absolute Gasteiger partial charge is 0.416 e. The molecule has 5 rings (SSSR count). The van der Waals surface area contributed by atoms with E-state index in [0.29, 0.717) is 40.6 Å². The van der Waals surface area contributed by atoms with E-state index in [2.05, 4.69) is 21.1 Å². The summed E-state index contributed by atoms with van der Waals surface area (Å²) in [4.78, 5) is 7.71. The number of methoxy groups -OCH3 is 1. The number of benzene rings is 2. The molecule has 1 atom stereocenters. The summed E-state index contributed by atoms with van der Waals surface area (Å²) in [5, 5.41) is 14.5. The Morgan fingerprint density at radius 2 is 2.06 bits per heavy atom. The van der Waals surface area contributed by atoms with Crippen LogP contribution in [0.5, 0.6) is 5.75 Å². The second kappa shape index (κ2) is 7.39. The molecule has 1 aliphatic rings. The average Bonchev–Trinajstić information content (AvgIpc) is 3.41. The van der Waals surface area contributed by atoms with Crippen molar-refractivity contribution in [1.29, 1.82) is 5.26 Å². The van der Waals surface area contributed by atoms with E-state index in [4.69, 9.17) is 9.47 Å². The number of fused-ring (bicyclic) bond motifs is 2. The number of hydrogen-bond acceptors (Lipinski definition) is 5. The van der Waals surface area contributed by atoms with Crippen molar-refractivity contribution < 1.29 is 22.6 Å². The quantitative estimate of drug-likeness (QED) is 0.510. The Bertz CT molecular complexity index is 1370. The summed E-state index contributed by atoms with van der Waals surface area (Å²) in [5.41, 5.74) is 0.899. The van der Waals surface area contributed by atoms with Gasteiger partial charge in [-0.05, 0) is 24.3 Å². The van der Waals surface area contributed by atoms with Gasteiger partial charge in [-0.1, -0.05) is 18.2 Å². The normalized spacial score (nSPS) is 16.0. The van der Waals surface area contributed by atoms with Gasteiger partial charge in [-0.25, -0.2) is 9.67 Å². The molecule has 1 N–H and O–H groups in total. The Hall–Kier alpha value is -3.84. The molecule has 2 aromatic heterocycles. The standard InChI is InChI=1S/C22H16F3N5O2/c1-31-18-12(11-26)6-7-16-14(18)10-17(27-16)20-28-21-19(32-9-8-30(21)29-20)13-4-2-3-5-15(13)22(23,24)25/h2-7,10,19,27H,8-9H2,1H3/t19-/m0/s1. The van der Waals surface area contributed by atoms with Crippen LogP contribution in [0.2, 0.25) is 0 Å². The lowest BCUT2D eigenvalue weighted by Gasteiger charge is -2.25. The molecule has 162 valence electrons. The fraction of sp³-hybridized carbons (Fsp3) is 0.227. The number of H-pyrrole nitrogens is 1. The van der Waals surface area contributed by atoms with E-state index < -0.39 is 17.8 Å². The van der Waals surface area contributed by atoms with E-state index in [1.165, 1.54) is 19.2 Å². The number of hydrogen-bond donors (Lipinski definition) is 1. The summed E-state index contributed by atoms with van der Waals surface area (Å²) >= 11 is 0. The number of ether oxygens (including phenoxy) is 2. The second-order valence-corrected chi connectivity index (χ2v) is 7.26. The Labute approximate surface area is 180 Å². The van der Waals surface area contributed by atoms with E-state index in [-0.39, 0.29) is 12.2 Å². The molecule has 4 aromatic rings. The van der Waals surface area contributed by atoms with Gasteiger partial charge >= 0.3 is 6.18 Å². The highest BCUT2D eigenvalue weighted by Crippen LogP contribution is 2.39. The maximum Gasteiger partial charge on any atom is 0.416 e. The first-order valence-electron chi connectivity index (χ1n) is 9.73. The molecule has 0 amide bonds. The van der Waals surface area contributed by atoms with Crippen LogP contribution in [0, 0.1) is 11.3 Å². The number of aromatic amines is 1. The molecular formula is C22H16F3N5O2. The van der Waals surface area contributed by atoms with Gasteiger partial charge in [0.2, 0.25) is 0 Å². The Balaban J connectivity index is 1.61. The molecule has 0 spiro atoms. The molecule has 0 radical (unpaired) electrons. The molecule has 0 unspecified atom stereocenters. The van der Waals surface area contributed by atoms with Crippen molar-refractivity contribution in [3.8, 4) is 23.3 Å². The third-order valence-corrected chi connectivity index (χ3v) is 5.39. The molecule has 0 bridgehead atoms. The summed E-state index contributed by atoms with van der Waals surface area (Å²) in [7, 11) is 1.48. The second-order valence-electron chi connectivity index (χ2n) is 7.26. The molecule has 2 aromatic carbocycles. The minimum absolute atomic E-state index is 0.00289. The van der Waals surface area contributed by atoms with E-state index in [1.54, 1.807) is 28.9 Å². The van der Waals surface area contributed by atoms with Crippen LogP contribution < -0.4 is 4.74 Å². The number of nitrogens with one attached hydrogen (secondary N) is 1. The first kappa shape index (κ1) is 20.1. The van der Waals surface area contributed by atoms with Gasteiger partial charge in [-0.2, -0.15) is 18.4 Å². The maximum atomic E-state index is 13.6. The molecule has 0 fully saturated rings. The number of rotatable bonds is 3. The lowest BCUT2D eigenvalue weighted by Crippen LogP contribution is -2.25. The van der Waals surface area contributed by atoms with Crippen LogP contribution in [0.4, 0.5) is 13.2 Å². The number of nitriles is 1. The van der Waals surface area contributed by atoms with Crippen molar-refractivity contribution >= 4 is 10.9 Å². The van der Waals surface area contributed by atoms with Gasteiger partial charge in [-0.15, -0.1) is 5.10 Å². The molecule has 0 saturated carbocycles. The molecule has 10 heteroatoms. The third kappa shape index (κ3) is 3.18. The summed E-state index contributed by atoms with van der Waals surface area (Å²) in [6.45, 7) is 0.577. The molecule has 0 saturated heterocycles. The summed E-state index contributed by atoms with van der Waals surface area (Å²) < 4.78 is 53.4. The van der Waals surface area contributed by atoms with Crippen molar-refractivity contribution in [2.24, 2.45) is 0 Å². The van der Waals surface area contributed by atoms with Gasteiger partial charge in [0.15, 0.2) is 11.6 Å². The highest BCUT2D eigenvalue weighted by atomic mass is 19.4. The zero-order valence-electron chi connectivity index (χ0n) is 16.8. The largest absolute Gasteiger partial charge is 0.495 e. The SMILES string of the molecule is COc1c(C#N)ccc2[nH]c(-c3nc4n(n3)CCO[C@H]4c3ccccc3C(F)(F)F)cc12. The van der Waals surface area contributed by atoms with Crippen LogP contribution in [-0.4, -0.2) is 33.5 Å². The van der Waals surface area contributed by atoms with E-state index in [1.807, 2.05) is 0 Å². The number of alkyl halides is 3. The summed E-state index contributed by atoms with van der Waals surface area (Å²) in [5.74, 6) is 1.04. The molecule has 3 heterocycles. The third-order valence-electron chi connectivity index (χ3n) is 5.39. The molecular weight excluding hydrogens is 423 g/mol. The van der Waals surface area contributed by atoms with Gasteiger partial charge in [0.1, 0.15) is 17.9 Å². The molecule has 1 aliphatic heterocycles. The Morgan fingerprint density at radius 1 is 1.25 bits per heavy atom. The predicted octanol–water partition coefficient (Wildman–Crippen LogP) is 4.45. The van der Waals surface area contributed by atoms with E-state index >= 15 is 0 Å². The van der Waals surface area contributed by atoms with Gasteiger partial charge < -0.3 is 14.5 Å². The predicted molar refractivity (Wildman–Crippen MR) is 108 cm³/mol. The van der Waals surface area contributed by atoms with Gasteiger partial charge in [0.25, 0.3) is 0 Å². The average molecular weight is 439 g/mol. The maximum absolute atomic E-state index is 13.6. The number of halogens is 3. The van der Waals surface area contributed by atoms with E-state index in [9.17, 15) is 18.4 Å². The van der Waals surface area contributed by atoms with Crippen LogP contribution >= 0.6 is 0 Å². The van der Waals surface area contributed by atoms with Crippen molar-refractivity contribution in [2.75, 3.05) is 13.7 Å². The van der Waals surface area contributed by atoms with Crippen LogP contribution in [-0.2, 0) is 17.5 Å². The highest BCUT2D eigenvalue weighted by Gasteiger charge is 2.38. The first-order valence-corrected chi connectivity index (χ1v) is 9.73. The topological polar surface area (TPSA) is 88.8 Å². The van der Waals surface area contributed by atoms with Crippen molar-refractivity contribution in [1.82, 2.24) is 19.7 Å². The summed E-state index contributed by atoms with van der Waals surface area (Å²) in [6, 6.07) is 12.6. The fourth-order valence-electron chi connectivity index (χ4n) is 3.98.